The average Bonchev–Trinajstić information content (AvgIpc) is 2.90. The molecule has 1 heterocycles. The molecule has 1 aromatic rings. The van der Waals surface area contributed by atoms with E-state index in [-0.39, 0.29) is 11.8 Å². The van der Waals surface area contributed by atoms with Crippen LogP contribution in [-0.4, -0.2) is 35.5 Å². The third kappa shape index (κ3) is 3.49. The zero-order chi connectivity index (χ0) is 18.5. The first-order valence-corrected chi connectivity index (χ1v) is 8.82. The fraction of sp³-hybridized carbons (Fsp3) is 0.227. The molecule has 3 rings (SSSR count). The predicted molar refractivity (Wildman–Crippen MR) is 105 cm³/mol. The maximum absolute atomic E-state index is 12.4. The minimum Gasteiger partial charge on any atom is -0.285 e. The smallest absolute Gasteiger partial charge is 0.261 e. The number of carbonyl (C=O) groups is 2. The highest BCUT2D eigenvalue weighted by Crippen LogP contribution is 2.22. The Hall–Kier alpha value is -3.01. The van der Waals surface area contributed by atoms with E-state index < -0.39 is 0 Å². The Morgan fingerprint density at radius 1 is 1.08 bits per heavy atom. The van der Waals surface area contributed by atoms with Gasteiger partial charge >= 0.3 is 0 Å². The lowest BCUT2D eigenvalue weighted by Crippen LogP contribution is -2.31. The number of aliphatic imine (C=N–C) groups is 1. The van der Waals surface area contributed by atoms with Gasteiger partial charge in [-0.3, -0.25) is 19.5 Å². The van der Waals surface area contributed by atoms with E-state index in [2.05, 4.69) is 24.1 Å². The summed E-state index contributed by atoms with van der Waals surface area (Å²) in [6, 6.07) is 6.97. The standard InChI is InChI=1S/C22H22N2O2/c1-3-9-16(2)17-10-6-7-13-20(17)23-14-8-15-24-21(25)18-11-4-5-12-19(18)22(24)26/h3-7,9-13H,8,14-15H2,1-2H3/b9-3-,17-16-,23-20?. The number of rotatable bonds is 5. The van der Waals surface area contributed by atoms with Crippen molar-refractivity contribution < 1.29 is 9.59 Å². The molecule has 0 radical (unpaired) electrons. The summed E-state index contributed by atoms with van der Waals surface area (Å²) in [5.41, 5.74) is 4.19. The van der Waals surface area contributed by atoms with Gasteiger partial charge < -0.3 is 0 Å². The molecule has 26 heavy (non-hydrogen) atoms. The van der Waals surface area contributed by atoms with Crippen molar-refractivity contribution in [1.82, 2.24) is 4.90 Å². The molecule has 1 aromatic carbocycles. The zero-order valence-corrected chi connectivity index (χ0v) is 15.1. The Morgan fingerprint density at radius 2 is 1.73 bits per heavy atom. The Morgan fingerprint density at radius 3 is 2.38 bits per heavy atom. The molecule has 0 spiro atoms. The van der Waals surface area contributed by atoms with Gasteiger partial charge in [0.2, 0.25) is 0 Å². The summed E-state index contributed by atoms with van der Waals surface area (Å²) in [5.74, 6) is -0.411. The van der Waals surface area contributed by atoms with Crippen LogP contribution < -0.4 is 0 Å². The van der Waals surface area contributed by atoms with E-state index in [4.69, 9.17) is 0 Å². The van der Waals surface area contributed by atoms with Gasteiger partial charge in [-0.2, -0.15) is 0 Å². The summed E-state index contributed by atoms with van der Waals surface area (Å²) in [4.78, 5) is 30.7. The van der Waals surface area contributed by atoms with Crippen molar-refractivity contribution >= 4 is 17.5 Å². The SMILES string of the molecule is C/C=C\C(C)=C1\C=CC=CC1=NCCCN1C(=O)c2ccccc2C1=O. The number of amides is 2. The molecule has 2 amide bonds. The molecule has 0 bridgehead atoms. The number of imide groups is 1. The van der Waals surface area contributed by atoms with Gasteiger partial charge in [-0.05, 0) is 44.1 Å². The quantitative estimate of drug-likeness (QED) is 0.594. The molecule has 0 atom stereocenters. The molecule has 0 N–H and O–H groups in total. The summed E-state index contributed by atoms with van der Waals surface area (Å²) < 4.78 is 0. The second kappa shape index (κ2) is 7.91. The maximum atomic E-state index is 12.4. The number of carbonyl (C=O) groups excluding carboxylic acids is 2. The van der Waals surface area contributed by atoms with Crippen LogP contribution in [0.4, 0.5) is 0 Å². The lowest BCUT2D eigenvalue weighted by Gasteiger charge is -2.13. The van der Waals surface area contributed by atoms with Crippen molar-refractivity contribution in [3.05, 3.63) is 83.0 Å². The molecule has 0 aromatic heterocycles. The Labute approximate surface area is 153 Å². The summed E-state index contributed by atoms with van der Waals surface area (Å²) in [7, 11) is 0. The van der Waals surface area contributed by atoms with Crippen molar-refractivity contribution in [3.8, 4) is 0 Å². The van der Waals surface area contributed by atoms with Crippen LogP contribution in [0.1, 0.15) is 41.0 Å². The Kier molecular flexibility index (Phi) is 5.42. The predicted octanol–water partition coefficient (Wildman–Crippen LogP) is 4.13. The highest BCUT2D eigenvalue weighted by Gasteiger charge is 2.34. The van der Waals surface area contributed by atoms with E-state index >= 15 is 0 Å². The summed E-state index contributed by atoms with van der Waals surface area (Å²) in [5, 5.41) is 0. The molecule has 2 aliphatic rings. The molecular weight excluding hydrogens is 324 g/mol. The van der Waals surface area contributed by atoms with E-state index in [0.29, 0.717) is 30.6 Å². The molecule has 0 saturated heterocycles. The van der Waals surface area contributed by atoms with Gasteiger partial charge in [-0.1, -0.05) is 42.5 Å². The van der Waals surface area contributed by atoms with Gasteiger partial charge in [0.15, 0.2) is 0 Å². The van der Waals surface area contributed by atoms with Crippen LogP contribution >= 0.6 is 0 Å². The molecular formula is C22H22N2O2. The number of hydrogen-bond donors (Lipinski definition) is 0. The van der Waals surface area contributed by atoms with Crippen LogP contribution in [0.5, 0.6) is 0 Å². The van der Waals surface area contributed by atoms with E-state index in [1.54, 1.807) is 24.3 Å². The minimum atomic E-state index is -0.205. The van der Waals surface area contributed by atoms with Crippen molar-refractivity contribution in [3.63, 3.8) is 0 Å². The van der Waals surface area contributed by atoms with Gasteiger partial charge in [0.25, 0.3) is 11.8 Å². The fourth-order valence-corrected chi connectivity index (χ4v) is 3.16. The van der Waals surface area contributed by atoms with E-state index in [9.17, 15) is 9.59 Å². The minimum absolute atomic E-state index is 0.205. The first-order chi connectivity index (χ1) is 12.6. The number of hydrogen-bond acceptors (Lipinski definition) is 3. The van der Waals surface area contributed by atoms with Crippen LogP contribution in [0, 0.1) is 0 Å². The van der Waals surface area contributed by atoms with Crippen LogP contribution in [0.3, 0.4) is 0 Å². The van der Waals surface area contributed by atoms with Crippen molar-refractivity contribution in [2.75, 3.05) is 13.1 Å². The zero-order valence-electron chi connectivity index (χ0n) is 15.1. The number of benzene rings is 1. The van der Waals surface area contributed by atoms with Gasteiger partial charge in [-0.15, -0.1) is 0 Å². The molecule has 0 saturated carbocycles. The van der Waals surface area contributed by atoms with E-state index in [1.165, 1.54) is 4.90 Å². The van der Waals surface area contributed by atoms with Crippen LogP contribution in [0.15, 0.2) is 76.9 Å². The van der Waals surface area contributed by atoms with Gasteiger partial charge in [0, 0.05) is 18.7 Å². The normalized spacial score (nSPS) is 19.8. The maximum Gasteiger partial charge on any atom is 0.261 e. The molecule has 132 valence electrons. The largest absolute Gasteiger partial charge is 0.285 e. The number of fused-ring (bicyclic) bond motifs is 1. The van der Waals surface area contributed by atoms with Gasteiger partial charge in [-0.25, -0.2) is 0 Å². The summed E-state index contributed by atoms with van der Waals surface area (Å²) in [6.45, 7) is 5.00. The average molecular weight is 346 g/mol. The van der Waals surface area contributed by atoms with Crippen LogP contribution in [-0.2, 0) is 0 Å². The molecule has 0 unspecified atom stereocenters. The second-order valence-electron chi connectivity index (χ2n) is 6.24. The van der Waals surface area contributed by atoms with E-state index in [0.717, 1.165) is 16.9 Å². The number of allylic oxidation sites excluding steroid dienone is 8. The fourth-order valence-electron chi connectivity index (χ4n) is 3.16. The van der Waals surface area contributed by atoms with Crippen LogP contribution in [0.25, 0.3) is 0 Å². The monoisotopic (exact) mass is 346 g/mol. The third-order valence-corrected chi connectivity index (χ3v) is 4.45. The lowest BCUT2D eigenvalue weighted by atomic mass is 9.99. The third-order valence-electron chi connectivity index (χ3n) is 4.45. The second-order valence-corrected chi connectivity index (χ2v) is 6.24. The number of nitrogens with zero attached hydrogens (tertiary/aromatic N) is 2. The molecule has 1 aliphatic heterocycles. The van der Waals surface area contributed by atoms with Crippen molar-refractivity contribution in [2.24, 2.45) is 4.99 Å². The summed E-state index contributed by atoms with van der Waals surface area (Å²) >= 11 is 0. The molecule has 1 aliphatic carbocycles. The molecule has 0 fully saturated rings. The Bertz CT molecular complexity index is 850. The van der Waals surface area contributed by atoms with Gasteiger partial charge in [0.05, 0.1) is 16.8 Å². The van der Waals surface area contributed by atoms with Crippen molar-refractivity contribution in [2.45, 2.75) is 20.3 Å². The van der Waals surface area contributed by atoms with Crippen LogP contribution in [0.2, 0.25) is 0 Å². The topological polar surface area (TPSA) is 49.7 Å². The summed E-state index contributed by atoms with van der Waals surface area (Å²) in [6.07, 6.45) is 12.7. The van der Waals surface area contributed by atoms with Gasteiger partial charge in [0.1, 0.15) is 0 Å². The Balaban J connectivity index is 1.64. The first kappa shape index (κ1) is 17.8. The first-order valence-electron chi connectivity index (χ1n) is 8.82. The van der Waals surface area contributed by atoms with Crippen molar-refractivity contribution in [1.29, 1.82) is 0 Å². The molecule has 4 heteroatoms. The molecule has 4 nitrogen and oxygen atoms in total. The van der Waals surface area contributed by atoms with E-state index in [1.807, 2.05) is 31.2 Å². The lowest BCUT2D eigenvalue weighted by molar-refractivity contribution is 0.0653. The highest BCUT2D eigenvalue weighted by atomic mass is 16.2. The highest BCUT2D eigenvalue weighted by molar-refractivity contribution is 6.21.